The summed E-state index contributed by atoms with van der Waals surface area (Å²) >= 11 is 4.96. The Labute approximate surface area is 410 Å². The Morgan fingerprint density at radius 3 is 1.88 bits per heavy atom. The van der Waals surface area contributed by atoms with Gasteiger partial charge in [0.2, 0.25) is 0 Å². The molecule has 0 bridgehead atoms. The zero-order valence-corrected chi connectivity index (χ0v) is 41.2. The molecule has 0 saturated heterocycles. The normalized spacial score (nSPS) is 17.8. The van der Waals surface area contributed by atoms with Crippen LogP contribution in [0.4, 0.5) is 28.4 Å². The zero-order chi connectivity index (χ0) is 48.2. The lowest BCUT2D eigenvalue weighted by Gasteiger charge is -2.32. The average molecular weight is 958 g/mol. The third-order valence-electron chi connectivity index (χ3n) is 13.2. The summed E-state index contributed by atoms with van der Waals surface area (Å²) in [6.45, 7) is 10.9. The van der Waals surface area contributed by atoms with Gasteiger partial charge in [0.15, 0.2) is 23.0 Å². The molecule has 9 rings (SSSR count). The predicted molar refractivity (Wildman–Crippen MR) is 273 cm³/mol. The highest BCUT2D eigenvalue weighted by Crippen LogP contribution is 2.44. The standard InChI is InChI=1S/C54H63N5O9S/c1-34-47-25-38-12-8-10-14-46(38)59(47)53(61)42-27-49(64-6)51(29-44(42)56-34)68-32-36-21-35(22-39(23-36)57(33-54(2,3)69)15-16-65-19-20-66-18-17-62-4)31-67-50-28-43-41(26-48(50)63-5)52(60)58-40(30-55-43)24-37-11-7-9-13-45(37)58/h7-14,21-23,26-29,34,40,47,55-56,69H,15-20,24-25,30-33H2,1-6H3/t34?,40-,47-/m0/s1. The molecule has 4 aliphatic rings. The summed E-state index contributed by atoms with van der Waals surface area (Å²) in [5.41, 5.74) is 9.38. The molecule has 15 heteroatoms. The molecule has 14 nitrogen and oxygen atoms in total. The molecule has 0 aliphatic carbocycles. The molecule has 0 fully saturated rings. The van der Waals surface area contributed by atoms with Gasteiger partial charge in [0, 0.05) is 66.7 Å². The van der Waals surface area contributed by atoms with Crippen molar-refractivity contribution >= 4 is 52.9 Å². The van der Waals surface area contributed by atoms with Crippen LogP contribution in [0.25, 0.3) is 0 Å². The number of amides is 2. The molecular formula is C54H63N5O9S. The van der Waals surface area contributed by atoms with Gasteiger partial charge in [-0.15, -0.1) is 0 Å². The van der Waals surface area contributed by atoms with Gasteiger partial charge in [0.05, 0.1) is 81.8 Å². The SMILES string of the molecule is COCCOCCOCCN(CC(C)(C)S)c1cc(COc2cc3c(cc2OC)C(=O)N2c4ccccc4C[C@H]2CN3)cc(COc2cc3c(cc2OC)C(=O)N2c4ccccc4C[C@H]2C(C)N3)c1. The first-order valence-electron chi connectivity index (χ1n) is 23.7. The molecule has 0 spiro atoms. The number of para-hydroxylation sites is 2. The van der Waals surface area contributed by atoms with Gasteiger partial charge >= 0.3 is 0 Å². The Morgan fingerprint density at radius 2 is 1.25 bits per heavy atom. The highest BCUT2D eigenvalue weighted by atomic mass is 32.1. The number of anilines is 5. The number of carbonyl (C=O) groups excluding carboxylic acids is 2. The molecule has 0 aromatic heterocycles. The zero-order valence-electron chi connectivity index (χ0n) is 40.3. The first-order chi connectivity index (χ1) is 33.4. The van der Waals surface area contributed by atoms with E-state index in [1.54, 1.807) is 33.5 Å². The molecule has 69 heavy (non-hydrogen) atoms. The topological polar surface area (TPSA) is 133 Å². The number of ether oxygens (including phenoxy) is 7. The Bertz CT molecular complexity index is 2670. The summed E-state index contributed by atoms with van der Waals surface area (Å²) in [4.78, 5) is 34.5. The van der Waals surface area contributed by atoms with Gasteiger partial charge < -0.3 is 58.5 Å². The molecule has 1 unspecified atom stereocenters. The van der Waals surface area contributed by atoms with Crippen LogP contribution < -0.4 is 44.3 Å². The summed E-state index contributed by atoms with van der Waals surface area (Å²) in [5.74, 6) is 1.77. The Kier molecular flexibility index (Phi) is 14.5. The maximum absolute atomic E-state index is 14.3. The Hall–Kier alpha value is -6.13. The van der Waals surface area contributed by atoms with Gasteiger partial charge in [-0.1, -0.05) is 36.4 Å². The molecule has 5 aromatic carbocycles. The minimum atomic E-state index is -0.350. The van der Waals surface area contributed by atoms with E-state index in [0.717, 1.165) is 46.6 Å². The van der Waals surface area contributed by atoms with Gasteiger partial charge in [-0.2, -0.15) is 12.6 Å². The van der Waals surface area contributed by atoms with E-state index in [9.17, 15) is 9.59 Å². The van der Waals surface area contributed by atoms with Crippen molar-refractivity contribution in [3.8, 4) is 23.0 Å². The molecule has 0 radical (unpaired) electrons. The van der Waals surface area contributed by atoms with Crippen LogP contribution in [0.1, 0.15) is 63.7 Å². The van der Waals surface area contributed by atoms with Gasteiger partial charge in [-0.3, -0.25) is 9.59 Å². The largest absolute Gasteiger partial charge is 0.493 e. The molecule has 2 amide bonds. The fourth-order valence-electron chi connectivity index (χ4n) is 9.91. The minimum Gasteiger partial charge on any atom is -0.493 e. The van der Waals surface area contributed by atoms with Gasteiger partial charge in [-0.05, 0) is 98.3 Å². The van der Waals surface area contributed by atoms with Crippen molar-refractivity contribution in [3.63, 3.8) is 0 Å². The van der Waals surface area contributed by atoms with Gasteiger partial charge in [0.1, 0.15) is 13.2 Å². The highest BCUT2D eigenvalue weighted by Gasteiger charge is 2.41. The number of rotatable bonds is 20. The van der Waals surface area contributed by atoms with E-state index >= 15 is 0 Å². The smallest absolute Gasteiger partial charge is 0.260 e. The number of carbonyl (C=O) groups is 2. The summed E-state index contributed by atoms with van der Waals surface area (Å²) < 4.78 is 41.4. The van der Waals surface area contributed by atoms with Gasteiger partial charge in [0.25, 0.3) is 11.8 Å². The molecule has 4 aliphatic heterocycles. The Morgan fingerprint density at radius 1 is 0.681 bits per heavy atom. The lowest BCUT2D eigenvalue weighted by atomic mass is 10.0. The third-order valence-corrected chi connectivity index (χ3v) is 13.3. The number of fused-ring (bicyclic) bond motifs is 8. The van der Waals surface area contributed by atoms with E-state index in [1.807, 2.05) is 58.3 Å². The average Bonchev–Trinajstić information content (AvgIpc) is 3.86. The van der Waals surface area contributed by atoms with Crippen molar-refractivity contribution in [1.29, 1.82) is 0 Å². The fourth-order valence-corrected chi connectivity index (χ4v) is 10.1. The lowest BCUT2D eigenvalue weighted by molar-refractivity contribution is 0.0264. The number of nitrogens with one attached hydrogen (secondary N) is 2. The quantitative estimate of drug-likeness (QED) is 0.0511. The first-order valence-corrected chi connectivity index (χ1v) is 24.1. The minimum absolute atomic E-state index is 0.00481. The van der Waals surface area contributed by atoms with Crippen molar-refractivity contribution in [3.05, 3.63) is 124 Å². The van der Waals surface area contributed by atoms with Crippen LogP contribution >= 0.6 is 12.6 Å². The van der Waals surface area contributed by atoms with Crippen molar-refractivity contribution in [2.45, 2.75) is 69.7 Å². The first kappa shape index (κ1) is 47.9. The van der Waals surface area contributed by atoms with E-state index in [2.05, 4.69) is 66.6 Å². The van der Waals surface area contributed by atoms with E-state index in [0.29, 0.717) is 98.2 Å². The highest BCUT2D eigenvalue weighted by molar-refractivity contribution is 7.81. The van der Waals surface area contributed by atoms with Crippen LogP contribution in [-0.2, 0) is 40.3 Å². The number of nitrogens with zero attached hydrogens (tertiary/aromatic N) is 3. The van der Waals surface area contributed by atoms with Crippen molar-refractivity contribution in [1.82, 2.24) is 0 Å². The molecule has 5 aromatic rings. The summed E-state index contributed by atoms with van der Waals surface area (Å²) in [6.07, 6.45) is 1.56. The van der Waals surface area contributed by atoms with Crippen molar-refractivity contribution < 1.29 is 42.7 Å². The molecule has 2 N–H and O–H groups in total. The number of methoxy groups -OCH3 is 3. The molecule has 0 saturated carbocycles. The van der Waals surface area contributed by atoms with Crippen LogP contribution in [0.5, 0.6) is 23.0 Å². The van der Waals surface area contributed by atoms with Gasteiger partial charge in [-0.25, -0.2) is 0 Å². The molecule has 4 heterocycles. The molecule has 3 atom stereocenters. The van der Waals surface area contributed by atoms with Crippen molar-refractivity contribution in [2.75, 3.05) is 99.3 Å². The second-order valence-corrected chi connectivity index (χ2v) is 19.9. The number of benzene rings is 5. The summed E-state index contributed by atoms with van der Waals surface area (Å²) in [7, 11) is 4.83. The molecule has 364 valence electrons. The van der Waals surface area contributed by atoms with E-state index in [1.165, 1.54) is 5.56 Å². The Balaban J connectivity index is 0.990. The number of hydrogen-bond donors (Lipinski definition) is 3. The summed E-state index contributed by atoms with van der Waals surface area (Å²) in [5, 5.41) is 7.18. The monoisotopic (exact) mass is 957 g/mol. The van der Waals surface area contributed by atoms with Crippen LogP contribution in [0.2, 0.25) is 0 Å². The van der Waals surface area contributed by atoms with Crippen molar-refractivity contribution in [2.24, 2.45) is 0 Å². The summed E-state index contributed by atoms with van der Waals surface area (Å²) in [6, 6.07) is 29.7. The maximum atomic E-state index is 14.3. The number of thiol groups is 1. The van der Waals surface area contributed by atoms with E-state index in [-0.39, 0.29) is 47.9 Å². The van der Waals surface area contributed by atoms with E-state index in [4.69, 9.17) is 45.8 Å². The predicted octanol–water partition coefficient (Wildman–Crippen LogP) is 8.44. The third kappa shape index (κ3) is 10.4. The maximum Gasteiger partial charge on any atom is 0.260 e. The fraction of sp³-hybridized carbons (Fsp3) is 0.407. The van der Waals surface area contributed by atoms with Crippen LogP contribution in [0, 0.1) is 0 Å². The second kappa shape index (κ2) is 20.8. The van der Waals surface area contributed by atoms with Crippen LogP contribution in [0.3, 0.4) is 0 Å². The van der Waals surface area contributed by atoms with Crippen LogP contribution in [0.15, 0.2) is 91.0 Å². The second-order valence-electron chi connectivity index (χ2n) is 18.7. The molecular weight excluding hydrogens is 895 g/mol. The van der Waals surface area contributed by atoms with Crippen LogP contribution in [-0.4, -0.2) is 109 Å². The lowest BCUT2D eigenvalue weighted by Crippen LogP contribution is -2.44. The number of hydrogen-bond acceptors (Lipinski definition) is 13. The van der Waals surface area contributed by atoms with E-state index < -0.39 is 0 Å².